The minimum atomic E-state index is -0.998. The molecule has 0 spiro atoms. The van der Waals surface area contributed by atoms with Gasteiger partial charge in [-0.3, -0.25) is 44.1 Å². The predicted molar refractivity (Wildman–Crippen MR) is 217 cm³/mol. The number of hydrogen-bond acceptors (Lipinski definition) is 12. The lowest BCUT2D eigenvalue weighted by Crippen LogP contribution is -2.62. The molecule has 0 radical (unpaired) electrons. The van der Waals surface area contributed by atoms with Gasteiger partial charge >= 0.3 is 0 Å². The molecule has 1 unspecified atom stereocenters. The summed E-state index contributed by atoms with van der Waals surface area (Å²) in [6.07, 6.45) is 10.4. The van der Waals surface area contributed by atoms with E-state index < -0.39 is 29.7 Å². The van der Waals surface area contributed by atoms with E-state index in [4.69, 9.17) is 15.5 Å². The number of anilines is 3. The van der Waals surface area contributed by atoms with Gasteiger partial charge in [-0.1, -0.05) is 13.0 Å². The minimum Gasteiger partial charge on any atom is -0.489 e. The molecule has 1 atom stereocenters. The van der Waals surface area contributed by atoms with Crippen LogP contribution in [0.1, 0.15) is 98.8 Å². The summed E-state index contributed by atoms with van der Waals surface area (Å²) in [4.78, 5) is 79.6. The van der Waals surface area contributed by atoms with Gasteiger partial charge in [0.15, 0.2) is 5.65 Å². The first-order valence-electron chi connectivity index (χ1n) is 19.6. The number of likely N-dealkylation sites (N-methyl/N-ethyl adjacent to an activating group) is 1. The van der Waals surface area contributed by atoms with Crippen molar-refractivity contribution < 1.29 is 31.6 Å². The lowest BCUT2D eigenvalue weighted by atomic mass is 9.88. The maximum Gasteiger partial charge on any atom is 0.264 e. The number of aromatic nitrogens is 3. The largest absolute Gasteiger partial charge is 0.489 e. The molecule has 2 saturated heterocycles. The number of imide groups is 2. The molecule has 2 aromatic heterocycles. The minimum absolute atomic E-state index is 0. The fourth-order valence-electron chi connectivity index (χ4n) is 8.51. The van der Waals surface area contributed by atoms with Gasteiger partial charge in [0.1, 0.15) is 17.4 Å². The molecular formula is C41H50N10O6. The number of nitrogens with two attached hydrogens (primary N) is 1. The van der Waals surface area contributed by atoms with Crippen molar-refractivity contribution in [3.8, 4) is 5.75 Å². The van der Waals surface area contributed by atoms with Crippen LogP contribution in [0.2, 0.25) is 0 Å². The molecule has 16 heteroatoms. The monoisotopic (exact) mass is 778 g/mol. The summed E-state index contributed by atoms with van der Waals surface area (Å²) in [5.74, 6) is -1.91. The van der Waals surface area contributed by atoms with E-state index in [1.54, 1.807) is 53.5 Å². The number of benzene rings is 2. The highest BCUT2D eigenvalue weighted by Gasteiger charge is 2.47. The van der Waals surface area contributed by atoms with Gasteiger partial charge in [0.25, 0.3) is 17.7 Å². The lowest BCUT2D eigenvalue weighted by Gasteiger charge is -2.50. The van der Waals surface area contributed by atoms with Crippen LogP contribution in [0.25, 0.3) is 5.65 Å². The summed E-state index contributed by atoms with van der Waals surface area (Å²) >= 11 is 0. The molecule has 1 saturated carbocycles. The Hall–Kier alpha value is -6.16. The SMILES string of the molecule is CCN(C1CCC(N=Cc2cc(NC(=O)c3cnn4cccnc34)c(OC(C)C)cc2N)CC1)C1CN(c2cccc3c2C(=O)N(C2CCC(=O)NC2=O)C3=O)C1.[HH].[HH]. The highest BCUT2D eigenvalue weighted by Crippen LogP contribution is 2.38. The Morgan fingerprint density at radius 1 is 1.09 bits per heavy atom. The zero-order valence-corrected chi connectivity index (χ0v) is 32.2. The molecule has 5 amide bonds. The van der Waals surface area contributed by atoms with Gasteiger partial charge in [-0.2, -0.15) is 5.10 Å². The first-order chi connectivity index (χ1) is 27.5. The van der Waals surface area contributed by atoms with Gasteiger partial charge in [-0.15, -0.1) is 0 Å². The standard InChI is InChI=1S/C41H46N10O6.2H2/c1-4-49(27-21-48(22-27)32-8-5-7-28-36(32)41(56)51(40(28)55)33-13-14-35(52)47-39(33)54)26-11-9-25(10-12-26)44-19-24-17-31(34(18-30(24)42)57-23(2)3)46-38(53)29-20-45-50-16-6-15-43-37(29)50;;/h5-8,15-20,23,25-27,33H,4,9-14,21-22,42H2,1-3H3,(H,46,53)(H,47,52,54);2*1H. The van der Waals surface area contributed by atoms with Crippen LogP contribution in [0.5, 0.6) is 5.75 Å². The molecule has 16 nitrogen and oxygen atoms in total. The Kier molecular flexibility index (Phi) is 10.2. The summed E-state index contributed by atoms with van der Waals surface area (Å²) in [7, 11) is 0. The normalized spacial score (nSPS) is 21.5. The molecule has 5 heterocycles. The Labute approximate surface area is 332 Å². The van der Waals surface area contributed by atoms with Crippen molar-refractivity contribution in [3.05, 3.63) is 77.2 Å². The second kappa shape index (κ2) is 15.4. The van der Waals surface area contributed by atoms with Crippen LogP contribution in [0.3, 0.4) is 0 Å². The third-order valence-corrected chi connectivity index (χ3v) is 11.4. The summed E-state index contributed by atoms with van der Waals surface area (Å²) in [6.45, 7) is 8.29. The number of nitrogens with zero attached hydrogens (tertiary/aromatic N) is 7. The average Bonchev–Trinajstić information content (AvgIpc) is 3.72. The Morgan fingerprint density at radius 3 is 2.61 bits per heavy atom. The first-order valence-corrected chi connectivity index (χ1v) is 19.6. The van der Waals surface area contributed by atoms with E-state index in [1.165, 1.54) is 6.20 Å². The highest BCUT2D eigenvalue weighted by atomic mass is 16.5. The number of piperidine rings is 1. The summed E-state index contributed by atoms with van der Waals surface area (Å²) < 4.78 is 7.56. The van der Waals surface area contributed by atoms with E-state index in [9.17, 15) is 24.0 Å². The molecule has 57 heavy (non-hydrogen) atoms. The number of fused-ring (bicyclic) bond motifs is 2. The molecule has 4 aliphatic rings. The summed E-state index contributed by atoms with van der Waals surface area (Å²) in [5.41, 5.74) is 10.2. The molecule has 0 bridgehead atoms. The number of hydrogen-bond donors (Lipinski definition) is 3. The fraction of sp³-hybridized carbons (Fsp3) is 0.415. The number of nitrogens with one attached hydrogen (secondary N) is 2. The molecule has 2 aromatic carbocycles. The van der Waals surface area contributed by atoms with Crippen molar-refractivity contribution in [1.29, 1.82) is 0 Å². The third kappa shape index (κ3) is 7.20. The van der Waals surface area contributed by atoms with Gasteiger partial charge in [-0.05, 0) is 76.8 Å². The van der Waals surface area contributed by atoms with Crippen molar-refractivity contribution in [2.75, 3.05) is 35.6 Å². The van der Waals surface area contributed by atoms with Crippen LogP contribution in [0.15, 0.2) is 60.0 Å². The topological polar surface area (TPSA) is 197 Å². The van der Waals surface area contributed by atoms with Crippen molar-refractivity contribution >= 4 is 58.5 Å². The van der Waals surface area contributed by atoms with Crippen LogP contribution in [-0.4, -0.2) is 110 Å². The number of rotatable bonds is 11. The van der Waals surface area contributed by atoms with E-state index in [1.807, 2.05) is 19.9 Å². The Morgan fingerprint density at radius 2 is 1.88 bits per heavy atom. The van der Waals surface area contributed by atoms with Crippen LogP contribution in [0, 0.1) is 0 Å². The van der Waals surface area contributed by atoms with Gasteiger partial charge in [0.2, 0.25) is 11.8 Å². The Bertz CT molecular complexity index is 2300. The zero-order chi connectivity index (χ0) is 40.0. The van der Waals surface area contributed by atoms with Gasteiger partial charge < -0.3 is 20.7 Å². The second-order valence-corrected chi connectivity index (χ2v) is 15.3. The van der Waals surface area contributed by atoms with E-state index >= 15 is 0 Å². The quantitative estimate of drug-likeness (QED) is 0.112. The molecule has 4 aromatic rings. The van der Waals surface area contributed by atoms with Crippen molar-refractivity contribution in [3.63, 3.8) is 0 Å². The summed E-state index contributed by atoms with van der Waals surface area (Å²) in [5, 5.41) is 9.46. The van der Waals surface area contributed by atoms with Crippen LogP contribution in [0.4, 0.5) is 17.1 Å². The van der Waals surface area contributed by atoms with Gasteiger partial charge in [0, 0.05) is 70.4 Å². The Balaban J connectivity index is 0.00000293. The third-order valence-electron chi connectivity index (χ3n) is 11.4. The van der Waals surface area contributed by atoms with E-state index in [2.05, 4.69) is 37.4 Å². The first kappa shape index (κ1) is 37.7. The molecule has 300 valence electrons. The van der Waals surface area contributed by atoms with Crippen molar-refractivity contribution in [2.45, 2.75) is 89.6 Å². The lowest BCUT2D eigenvalue weighted by molar-refractivity contribution is -0.136. The number of amides is 5. The molecule has 3 aliphatic heterocycles. The highest BCUT2D eigenvalue weighted by molar-refractivity contribution is 6.25. The number of carbonyl (C=O) groups is 5. The number of nitrogen functional groups attached to an aromatic ring is 1. The number of aliphatic imine (C=N–C) groups is 1. The average molecular weight is 779 g/mol. The van der Waals surface area contributed by atoms with Crippen LogP contribution >= 0.6 is 0 Å². The van der Waals surface area contributed by atoms with Crippen LogP contribution in [-0.2, 0) is 9.59 Å². The molecular weight excluding hydrogens is 729 g/mol. The van der Waals surface area contributed by atoms with Crippen molar-refractivity contribution in [2.24, 2.45) is 4.99 Å². The van der Waals surface area contributed by atoms with E-state index in [0.717, 1.165) is 37.1 Å². The number of carbonyl (C=O) groups excluding carboxylic acids is 5. The molecule has 4 N–H and O–H groups in total. The maximum absolute atomic E-state index is 13.7. The van der Waals surface area contributed by atoms with E-state index in [0.29, 0.717) is 69.8 Å². The summed E-state index contributed by atoms with van der Waals surface area (Å²) in [6, 6.07) is 10.3. The zero-order valence-electron chi connectivity index (χ0n) is 32.2. The van der Waals surface area contributed by atoms with Gasteiger partial charge in [-0.25, -0.2) is 9.50 Å². The van der Waals surface area contributed by atoms with E-state index in [-0.39, 0.29) is 39.8 Å². The predicted octanol–water partition coefficient (Wildman–Crippen LogP) is 4.19. The van der Waals surface area contributed by atoms with Crippen LogP contribution < -0.4 is 26.0 Å². The molecule has 3 fully saturated rings. The van der Waals surface area contributed by atoms with Gasteiger partial charge in [0.05, 0.1) is 40.8 Å². The maximum atomic E-state index is 13.7. The smallest absolute Gasteiger partial charge is 0.264 e. The fourth-order valence-corrected chi connectivity index (χ4v) is 8.51. The molecule has 8 rings (SSSR count). The number of ether oxygens (including phenoxy) is 1. The van der Waals surface area contributed by atoms with Crippen molar-refractivity contribution in [1.82, 2.24) is 29.7 Å². The molecule has 1 aliphatic carbocycles. The second-order valence-electron chi connectivity index (χ2n) is 15.3.